The molecule has 4 heteroatoms. The number of carbonyl (C=O) groups is 1. The molecule has 0 amide bonds. The number of carbonyl (C=O) groups excluding carboxylic acids is 1. The van der Waals surface area contributed by atoms with Gasteiger partial charge in [0, 0.05) is 17.5 Å². The first-order valence-corrected chi connectivity index (χ1v) is 7.36. The average molecular weight is 261 g/mol. The fourth-order valence-corrected chi connectivity index (χ4v) is 3.74. The molecule has 19 heavy (non-hydrogen) atoms. The van der Waals surface area contributed by atoms with Crippen LogP contribution in [0.2, 0.25) is 0 Å². The Kier molecular flexibility index (Phi) is 3.01. The average Bonchev–Trinajstić information content (AvgIpc) is 2.81. The van der Waals surface area contributed by atoms with Gasteiger partial charge in [0.15, 0.2) is 5.78 Å². The Labute approximate surface area is 114 Å². The van der Waals surface area contributed by atoms with Crippen LogP contribution in [-0.4, -0.2) is 28.7 Å². The van der Waals surface area contributed by atoms with Gasteiger partial charge in [-0.05, 0) is 51.6 Å². The lowest BCUT2D eigenvalue weighted by atomic mass is 9.61. The summed E-state index contributed by atoms with van der Waals surface area (Å²) in [5, 5.41) is 7.85. The molecular formula is C15H23N3O. The number of Topliss-reactive ketones (excluding diaryl/α,β-unsaturated/α-hetero) is 1. The van der Waals surface area contributed by atoms with Crippen molar-refractivity contribution in [1.29, 1.82) is 0 Å². The number of hydrogen-bond donors (Lipinski definition) is 1. The van der Waals surface area contributed by atoms with Gasteiger partial charge in [0.1, 0.15) is 5.69 Å². The fourth-order valence-electron chi connectivity index (χ4n) is 3.74. The zero-order valence-corrected chi connectivity index (χ0v) is 12.1. The van der Waals surface area contributed by atoms with Crippen LogP contribution in [0.1, 0.15) is 55.7 Å². The van der Waals surface area contributed by atoms with E-state index in [2.05, 4.69) is 31.2 Å². The number of ketones is 1. The lowest BCUT2D eigenvalue weighted by Crippen LogP contribution is -2.47. The monoisotopic (exact) mass is 261 g/mol. The molecule has 1 aliphatic carbocycles. The first kappa shape index (κ1) is 12.9. The summed E-state index contributed by atoms with van der Waals surface area (Å²) < 4.78 is 1.90. The highest BCUT2D eigenvalue weighted by Crippen LogP contribution is 2.46. The predicted octanol–water partition coefficient (Wildman–Crippen LogP) is 2.21. The molecule has 1 spiro atoms. The van der Waals surface area contributed by atoms with E-state index in [9.17, 15) is 4.79 Å². The van der Waals surface area contributed by atoms with Gasteiger partial charge in [0.2, 0.25) is 0 Å². The minimum absolute atomic E-state index is 0.122. The van der Waals surface area contributed by atoms with Gasteiger partial charge in [-0.2, -0.15) is 5.10 Å². The maximum Gasteiger partial charge on any atom is 0.184 e. The minimum Gasteiger partial charge on any atom is -0.317 e. The maximum absolute atomic E-state index is 12.8. The van der Waals surface area contributed by atoms with Crippen LogP contribution in [0.3, 0.4) is 0 Å². The van der Waals surface area contributed by atoms with Gasteiger partial charge in [-0.3, -0.25) is 9.48 Å². The van der Waals surface area contributed by atoms with Gasteiger partial charge >= 0.3 is 0 Å². The maximum atomic E-state index is 12.8. The van der Waals surface area contributed by atoms with Crippen molar-refractivity contribution in [2.24, 2.45) is 11.3 Å². The molecule has 4 nitrogen and oxygen atoms in total. The van der Waals surface area contributed by atoms with E-state index in [0.717, 1.165) is 38.0 Å². The minimum atomic E-state index is 0.122. The molecule has 2 aliphatic rings. The first-order valence-electron chi connectivity index (χ1n) is 7.36. The standard InChI is InChI=1S/C15H23N3O/c1-10(2)18-13-12(9-17-18)8-15(11(3)14(13)19)4-6-16-7-5-15/h9-11,16H,4-8H2,1-3H3. The second kappa shape index (κ2) is 4.44. The molecule has 104 valence electrons. The van der Waals surface area contributed by atoms with Gasteiger partial charge in [-0.1, -0.05) is 6.92 Å². The van der Waals surface area contributed by atoms with Crippen molar-refractivity contribution in [2.75, 3.05) is 13.1 Å². The Hall–Kier alpha value is -1.16. The molecule has 1 aromatic heterocycles. The van der Waals surface area contributed by atoms with Crippen molar-refractivity contribution in [3.05, 3.63) is 17.5 Å². The molecule has 1 saturated heterocycles. The van der Waals surface area contributed by atoms with Crippen LogP contribution in [-0.2, 0) is 6.42 Å². The van der Waals surface area contributed by atoms with E-state index in [1.807, 2.05) is 10.9 Å². The van der Waals surface area contributed by atoms with Crippen molar-refractivity contribution < 1.29 is 4.79 Å². The van der Waals surface area contributed by atoms with Gasteiger partial charge in [-0.25, -0.2) is 0 Å². The highest BCUT2D eigenvalue weighted by molar-refractivity contribution is 5.99. The van der Waals surface area contributed by atoms with Crippen LogP contribution < -0.4 is 5.32 Å². The number of rotatable bonds is 1. The summed E-state index contributed by atoms with van der Waals surface area (Å²) >= 11 is 0. The second-order valence-electron chi connectivity index (χ2n) is 6.43. The zero-order chi connectivity index (χ0) is 13.6. The van der Waals surface area contributed by atoms with Gasteiger partial charge < -0.3 is 5.32 Å². The van der Waals surface area contributed by atoms with Crippen molar-refractivity contribution >= 4 is 5.78 Å². The molecule has 1 fully saturated rings. The Morgan fingerprint density at radius 1 is 1.42 bits per heavy atom. The molecule has 1 aromatic rings. The van der Waals surface area contributed by atoms with Crippen molar-refractivity contribution in [3.63, 3.8) is 0 Å². The van der Waals surface area contributed by atoms with Crippen LogP contribution in [0, 0.1) is 11.3 Å². The van der Waals surface area contributed by atoms with Gasteiger partial charge in [0.25, 0.3) is 0 Å². The first-order chi connectivity index (χ1) is 9.05. The molecule has 2 heterocycles. The normalized spacial score (nSPS) is 25.9. The summed E-state index contributed by atoms with van der Waals surface area (Å²) in [5.74, 6) is 0.422. The third-order valence-corrected chi connectivity index (χ3v) is 5.05. The van der Waals surface area contributed by atoms with Crippen molar-refractivity contribution in [1.82, 2.24) is 15.1 Å². The van der Waals surface area contributed by atoms with Crippen LogP contribution >= 0.6 is 0 Å². The Morgan fingerprint density at radius 3 is 2.74 bits per heavy atom. The summed E-state index contributed by atoms with van der Waals surface area (Å²) in [7, 11) is 0. The quantitative estimate of drug-likeness (QED) is 0.843. The SMILES string of the molecule is CC(C)n1ncc2c1C(=O)C(C)C1(CCNCC1)C2. The highest BCUT2D eigenvalue weighted by Gasteiger charge is 2.47. The molecule has 0 radical (unpaired) electrons. The number of nitrogens with one attached hydrogen (secondary N) is 1. The van der Waals surface area contributed by atoms with Crippen LogP contribution in [0.15, 0.2) is 6.20 Å². The molecule has 0 aromatic carbocycles. The summed E-state index contributed by atoms with van der Waals surface area (Å²) in [5.41, 5.74) is 2.20. The van der Waals surface area contributed by atoms with E-state index in [1.165, 1.54) is 5.56 Å². The summed E-state index contributed by atoms with van der Waals surface area (Å²) in [4.78, 5) is 12.8. The van der Waals surface area contributed by atoms with Gasteiger partial charge in [-0.15, -0.1) is 0 Å². The Morgan fingerprint density at radius 2 is 2.11 bits per heavy atom. The van der Waals surface area contributed by atoms with E-state index < -0.39 is 0 Å². The second-order valence-corrected chi connectivity index (χ2v) is 6.43. The van der Waals surface area contributed by atoms with E-state index in [1.54, 1.807) is 0 Å². The molecule has 1 N–H and O–H groups in total. The summed E-state index contributed by atoms with van der Waals surface area (Å²) in [6.07, 6.45) is 5.14. The van der Waals surface area contributed by atoms with Crippen molar-refractivity contribution in [3.8, 4) is 0 Å². The lowest BCUT2D eigenvalue weighted by molar-refractivity contribution is 0.0614. The van der Waals surface area contributed by atoms with E-state index in [4.69, 9.17) is 0 Å². The predicted molar refractivity (Wildman–Crippen MR) is 74.3 cm³/mol. The lowest BCUT2D eigenvalue weighted by Gasteiger charge is -2.44. The van der Waals surface area contributed by atoms with Crippen molar-refractivity contribution in [2.45, 2.75) is 46.1 Å². The molecule has 0 bridgehead atoms. The molecule has 0 saturated carbocycles. The summed E-state index contributed by atoms with van der Waals surface area (Å²) in [6.45, 7) is 8.35. The fraction of sp³-hybridized carbons (Fsp3) is 0.733. The van der Waals surface area contributed by atoms with E-state index in [-0.39, 0.29) is 17.4 Å². The third-order valence-electron chi connectivity index (χ3n) is 5.05. The van der Waals surface area contributed by atoms with E-state index in [0.29, 0.717) is 5.78 Å². The van der Waals surface area contributed by atoms with Gasteiger partial charge in [0.05, 0.1) is 6.20 Å². The molecule has 3 rings (SSSR count). The molecule has 1 aliphatic heterocycles. The smallest absolute Gasteiger partial charge is 0.184 e. The molecule has 1 unspecified atom stereocenters. The van der Waals surface area contributed by atoms with Crippen LogP contribution in [0.25, 0.3) is 0 Å². The Balaban J connectivity index is 2.03. The topological polar surface area (TPSA) is 46.9 Å². The third kappa shape index (κ3) is 1.84. The number of hydrogen-bond acceptors (Lipinski definition) is 3. The van der Waals surface area contributed by atoms with Crippen LogP contribution in [0.5, 0.6) is 0 Å². The van der Waals surface area contributed by atoms with Crippen LogP contribution in [0.4, 0.5) is 0 Å². The summed E-state index contributed by atoms with van der Waals surface area (Å²) in [6, 6.07) is 0.252. The number of piperidine rings is 1. The number of fused-ring (bicyclic) bond motifs is 1. The zero-order valence-electron chi connectivity index (χ0n) is 12.1. The molecule has 1 atom stereocenters. The number of nitrogens with zero attached hydrogens (tertiary/aromatic N) is 2. The Bertz CT molecular complexity index is 497. The highest BCUT2D eigenvalue weighted by atomic mass is 16.1. The molecular weight excluding hydrogens is 238 g/mol. The number of aromatic nitrogens is 2. The van der Waals surface area contributed by atoms with E-state index >= 15 is 0 Å². The largest absolute Gasteiger partial charge is 0.317 e.